The fourth-order valence-corrected chi connectivity index (χ4v) is 3.48. The van der Waals surface area contributed by atoms with Crippen molar-refractivity contribution in [1.82, 2.24) is 4.90 Å². The van der Waals surface area contributed by atoms with Gasteiger partial charge in [-0.2, -0.15) is 0 Å². The Morgan fingerprint density at radius 3 is 2.76 bits per heavy atom. The molecule has 5 atom stereocenters. The Balaban J connectivity index is 1.77. The van der Waals surface area contributed by atoms with Gasteiger partial charge in [0.1, 0.15) is 11.5 Å². The first kappa shape index (κ1) is 15.1. The molecule has 4 heteroatoms. The summed E-state index contributed by atoms with van der Waals surface area (Å²) >= 11 is 0. The number of hydrogen-bond acceptors (Lipinski definition) is 4. The maximum atomic E-state index is 6.15. The minimum absolute atomic E-state index is 0.170. The van der Waals surface area contributed by atoms with Gasteiger partial charge in [0.2, 0.25) is 0 Å². The fourth-order valence-electron chi connectivity index (χ4n) is 3.48. The lowest BCUT2D eigenvalue weighted by atomic mass is 10.1. The van der Waals surface area contributed by atoms with Gasteiger partial charge in [-0.3, -0.25) is 4.90 Å². The van der Waals surface area contributed by atoms with Crippen molar-refractivity contribution in [3.63, 3.8) is 0 Å². The Morgan fingerprint density at radius 2 is 2.14 bits per heavy atom. The minimum Gasteiger partial charge on any atom is -0.464 e. The van der Waals surface area contributed by atoms with Gasteiger partial charge in [0, 0.05) is 25.0 Å². The van der Waals surface area contributed by atoms with E-state index in [-0.39, 0.29) is 12.1 Å². The molecule has 0 radical (unpaired) electrons. The van der Waals surface area contributed by atoms with Crippen LogP contribution in [0.15, 0.2) is 16.5 Å². The van der Waals surface area contributed by atoms with E-state index in [4.69, 9.17) is 14.9 Å². The number of furan rings is 1. The summed E-state index contributed by atoms with van der Waals surface area (Å²) in [5.74, 6) is 3.57. The van der Waals surface area contributed by atoms with Gasteiger partial charge in [-0.05, 0) is 37.8 Å². The first-order valence-corrected chi connectivity index (χ1v) is 8.31. The van der Waals surface area contributed by atoms with E-state index in [1.165, 1.54) is 6.42 Å². The van der Waals surface area contributed by atoms with Gasteiger partial charge < -0.3 is 14.9 Å². The average Bonchev–Trinajstić information content (AvgIpc) is 3.01. The van der Waals surface area contributed by atoms with E-state index < -0.39 is 0 Å². The van der Waals surface area contributed by atoms with Gasteiger partial charge >= 0.3 is 0 Å². The van der Waals surface area contributed by atoms with Crippen LogP contribution >= 0.6 is 0 Å². The normalized spacial score (nSPS) is 34.9. The van der Waals surface area contributed by atoms with Crippen molar-refractivity contribution >= 4 is 0 Å². The maximum absolute atomic E-state index is 6.15. The number of hydrogen-bond donors (Lipinski definition) is 1. The highest BCUT2D eigenvalue weighted by Gasteiger charge is 2.38. The molecule has 2 heterocycles. The fraction of sp³-hybridized carbons (Fsp3) is 0.765. The van der Waals surface area contributed by atoms with Crippen molar-refractivity contribution in [1.29, 1.82) is 0 Å². The van der Waals surface area contributed by atoms with Crippen LogP contribution in [0.25, 0.3) is 0 Å². The van der Waals surface area contributed by atoms with Crippen molar-refractivity contribution in [3.8, 4) is 0 Å². The van der Waals surface area contributed by atoms with Crippen LogP contribution < -0.4 is 5.73 Å². The number of rotatable bonds is 5. The summed E-state index contributed by atoms with van der Waals surface area (Å²) in [6, 6.07) is 4.88. The van der Waals surface area contributed by atoms with E-state index in [0.717, 1.165) is 37.0 Å². The summed E-state index contributed by atoms with van der Waals surface area (Å²) in [6.07, 6.45) is 2.60. The van der Waals surface area contributed by atoms with Crippen molar-refractivity contribution in [2.45, 2.75) is 57.7 Å². The van der Waals surface area contributed by atoms with Crippen LogP contribution in [0.3, 0.4) is 0 Å². The second-order valence-corrected chi connectivity index (χ2v) is 6.71. The van der Waals surface area contributed by atoms with Crippen LogP contribution in [-0.4, -0.2) is 36.7 Å². The van der Waals surface area contributed by atoms with Crippen LogP contribution in [0.4, 0.5) is 0 Å². The molecule has 2 aliphatic rings. The molecule has 0 aromatic carbocycles. The highest BCUT2D eigenvalue weighted by Crippen LogP contribution is 2.47. The van der Waals surface area contributed by atoms with E-state index in [1.807, 2.05) is 0 Å². The second-order valence-electron chi connectivity index (χ2n) is 6.71. The molecule has 21 heavy (non-hydrogen) atoms. The molecule has 2 N–H and O–H groups in total. The van der Waals surface area contributed by atoms with Crippen molar-refractivity contribution in [2.75, 3.05) is 19.7 Å². The van der Waals surface area contributed by atoms with Gasteiger partial charge in [-0.1, -0.05) is 13.8 Å². The summed E-state index contributed by atoms with van der Waals surface area (Å²) in [7, 11) is 0. The number of nitrogens with zero attached hydrogens (tertiary/aromatic N) is 1. The third kappa shape index (κ3) is 3.03. The molecule has 1 saturated heterocycles. The average molecular weight is 292 g/mol. The predicted molar refractivity (Wildman–Crippen MR) is 83.2 cm³/mol. The molecule has 1 aromatic heterocycles. The molecular formula is C17H28N2O2. The third-order valence-corrected chi connectivity index (χ3v) is 5.06. The molecule has 1 aliphatic carbocycles. The lowest BCUT2D eigenvalue weighted by Gasteiger charge is -2.42. The van der Waals surface area contributed by atoms with Crippen LogP contribution in [-0.2, 0) is 4.74 Å². The van der Waals surface area contributed by atoms with E-state index in [9.17, 15) is 0 Å². The first-order valence-electron chi connectivity index (χ1n) is 8.31. The quantitative estimate of drug-likeness (QED) is 0.906. The summed E-state index contributed by atoms with van der Waals surface area (Å²) in [5.41, 5.74) is 6.08. The summed E-state index contributed by atoms with van der Waals surface area (Å²) in [6.45, 7) is 8.94. The SMILES string of the molecule is CCC1COC(C)CN1C(CN)c1ccc(C2CC2C)o1. The second kappa shape index (κ2) is 6.11. The van der Waals surface area contributed by atoms with Crippen LogP contribution in [0.2, 0.25) is 0 Å². The van der Waals surface area contributed by atoms with Crippen LogP contribution in [0.1, 0.15) is 57.1 Å². The standard InChI is InChI=1S/C17H28N2O2/c1-4-13-10-20-12(3)9-19(13)15(8-18)17-6-5-16(21-17)14-7-11(14)2/h5-6,11-15H,4,7-10,18H2,1-3H3. The molecular weight excluding hydrogens is 264 g/mol. The number of nitrogens with two attached hydrogens (primary N) is 1. The topological polar surface area (TPSA) is 51.6 Å². The van der Waals surface area contributed by atoms with Gasteiger partial charge in [0.15, 0.2) is 0 Å². The Bertz CT molecular complexity index is 473. The number of ether oxygens (including phenoxy) is 1. The van der Waals surface area contributed by atoms with Crippen molar-refractivity contribution in [2.24, 2.45) is 11.7 Å². The monoisotopic (exact) mass is 292 g/mol. The molecule has 1 aliphatic heterocycles. The zero-order valence-electron chi connectivity index (χ0n) is 13.4. The largest absolute Gasteiger partial charge is 0.464 e. The summed E-state index contributed by atoms with van der Waals surface area (Å²) in [4.78, 5) is 2.48. The summed E-state index contributed by atoms with van der Waals surface area (Å²) < 4.78 is 11.9. The Morgan fingerprint density at radius 1 is 1.38 bits per heavy atom. The Hall–Kier alpha value is -0.840. The lowest BCUT2D eigenvalue weighted by molar-refractivity contribution is -0.0747. The predicted octanol–water partition coefficient (Wildman–Crippen LogP) is 2.90. The number of morpholine rings is 1. The molecule has 1 saturated carbocycles. The first-order chi connectivity index (χ1) is 10.1. The van der Waals surface area contributed by atoms with Crippen molar-refractivity contribution in [3.05, 3.63) is 23.7 Å². The van der Waals surface area contributed by atoms with Gasteiger partial charge in [0.05, 0.1) is 18.8 Å². The van der Waals surface area contributed by atoms with Gasteiger partial charge in [-0.25, -0.2) is 0 Å². The molecule has 5 unspecified atom stereocenters. The highest BCUT2D eigenvalue weighted by atomic mass is 16.5. The molecule has 3 rings (SSSR count). The van der Waals surface area contributed by atoms with E-state index in [2.05, 4.69) is 37.8 Å². The van der Waals surface area contributed by atoms with Crippen molar-refractivity contribution < 1.29 is 9.15 Å². The molecule has 1 aromatic rings. The van der Waals surface area contributed by atoms with E-state index in [0.29, 0.717) is 18.5 Å². The van der Waals surface area contributed by atoms with Gasteiger partial charge in [-0.15, -0.1) is 0 Å². The highest BCUT2D eigenvalue weighted by molar-refractivity contribution is 5.19. The summed E-state index contributed by atoms with van der Waals surface area (Å²) in [5, 5.41) is 0. The molecule has 118 valence electrons. The Kier molecular flexibility index (Phi) is 4.38. The smallest absolute Gasteiger partial charge is 0.122 e. The third-order valence-electron chi connectivity index (χ3n) is 5.06. The van der Waals surface area contributed by atoms with E-state index >= 15 is 0 Å². The Labute approximate surface area is 127 Å². The lowest BCUT2D eigenvalue weighted by Crippen LogP contribution is -2.51. The maximum Gasteiger partial charge on any atom is 0.122 e. The molecule has 0 amide bonds. The van der Waals surface area contributed by atoms with Crippen LogP contribution in [0.5, 0.6) is 0 Å². The van der Waals surface area contributed by atoms with Gasteiger partial charge in [0.25, 0.3) is 0 Å². The molecule has 0 spiro atoms. The zero-order chi connectivity index (χ0) is 15.0. The van der Waals surface area contributed by atoms with E-state index in [1.54, 1.807) is 0 Å². The molecule has 4 nitrogen and oxygen atoms in total. The zero-order valence-corrected chi connectivity index (χ0v) is 13.4. The molecule has 0 bridgehead atoms. The molecule has 2 fully saturated rings. The minimum atomic E-state index is 0.170. The van der Waals surface area contributed by atoms with Crippen LogP contribution in [0, 0.1) is 5.92 Å².